The van der Waals surface area contributed by atoms with Gasteiger partial charge in [0.2, 0.25) is 0 Å². The first-order chi connectivity index (χ1) is 13.0. The maximum atomic E-state index is 12.0. The molecule has 0 unspecified atom stereocenters. The van der Waals surface area contributed by atoms with Crippen LogP contribution in [0.25, 0.3) is 0 Å². The molecule has 2 N–H and O–H groups in total. The van der Waals surface area contributed by atoms with E-state index in [1.54, 1.807) is 25.1 Å². The summed E-state index contributed by atoms with van der Waals surface area (Å²) in [5, 5.41) is 6.97. The molecule has 1 atom stereocenters. The van der Waals surface area contributed by atoms with E-state index >= 15 is 0 Å². The molecular weight excluding hydrogens is 366 g/mol. The fourth-order valence-corrected chi connectivity index (χ4v) is 2.44. The van der Waals surface area contributed by atoms with Crippen LogP contribution in [-0.4, -0.2) is 24.6 Å². The molecule has 0 bridgehead atoms. The standard InChI is InChI=1S/C20H22ClN3O3/c1-3-11-27-18-10-9-17(21)12-16(18)13-22-24-20(26)19(25)23-14(2)15-7-5-4-6-8-15/h4-10,12-14H,3,11H2,1-2H3,(H,23,25)(H,24,26)/b22-13-/t14-/m0/s1. The van der Waals surface area contributed by atoms with Gasteiger partial charge in [0.15, 0.2) is 0 Å². The van der Waals surface area contributed by atoms with Gasteiger partial charge in [0.25, 0.3) is 0 Å². The zero-order valence-electron chi connectivity index (χ0n) is 15.2. The van der Waals surface area contributed by atoms with Gasteiger partial charge in [-0.15, -0.1) is 0 Å². The van der Waals surface area contributed by atoms with Gasteiger partial charge in [-0.25, -0.2) is 5.43 Å². The summed E-state index contributed by atoms with van der Waals surface area (Å²) in [4.78, 5) is 23.9. The van der Waals surface area contributed by atoms with Crippen molar-refractivity contribution in [2.75, 3.05) is 6.61 Å². The Bertz CT molecular complexity index is 809. The molecule has 6 nitrogen and oxygen atoms in total. The normalized spacial score (nSPS) is 11.8. The van der Waals surface area contributed by atoms with E-state index in [-0.39, 0.29) is 6.04 Å². The van der Waals surface area contributed by atoms with Crippen LogP contribution in [0.5, 0.6) is 5.75 Å². The summed E-state index contributed by atoms with van der Waals surface area (Å²) in [6.07, 6.45) is 2.25. The van der Waals surface area contributed by atoms with E-state index in [0.717, 1.165) is 12.0 Å². The average molecular weight is 388 g/mol. The highest BCUT2D eigenvalue weighted by molar-refractivity contribution is 6.35. The van der Waals surface area contributed by atoms with Gasteiger partial charge in [0.1, 0.15) is 5.75 Å². The first kappa shape index (κ1) is 20.5. The molecule has 0 aliphatic carbocycles. The van der Waals surface area contributed by atoms with Crippen molar-refractivity contribution < 1.29 is 14.3 Å². The van der Waals surface area contributed by atoms with Crippen LogP contribution in [0.4, 0.5) is 0 Å². The molecule has 0 aliphatic heterocycles. The number of hydrogen-bond acceptors (Lipinski definition) is 4. The highest BCUT2D eigenvalue weighted by atomic mass is 35.5. The predicted molar refractivity (Wildman–Crippen MR) is 106 cm³/mol. The third kappa shape index (κ3) is 6.42. The molecule has 0 aromatic heterocycles. The van der Waals surface area contributed by atoms with Crippen molar-refractivity contribution in [3.8, 4) is 5.75 Å². The fourth-order valence-electron chi connectivity index (χ4n) is 2.26. The number of halogens is 1. The van der Waals surface area contributed by atoms with Crippen molar-refractivity contribution in [3.05, 3.63) is 64.7 Å². The van der Waals surface area contributed by atoms with Gasteiger partial charge >= 0.3 is 11.8 Å². The van der Waals surface area contributed by atoms with Crippen LogP contribution in [0.3, 0.4) is 0 Å². The Labute approximate surface area is 163 Å². The summed E-state index contributed by atoms with van der Waals surface area (Å²) in [6.45, 7) is 4.35. The Kier molecular flexibility index (Phi) is 7.82. The van der Waals surface area contributed by atoms with Crippen LogP contribution < -0.4 is 15.5 Å². The van der Waals surface area contributed by atoms with Gasteiger partial charge < -0.3 is 10.1 Å². The Balaban J connectivity index is 1.94. The molecule has 2 aromatic rings. The summed E-state index contributed by atoms with van der Waals surface area (Å²) in [5.74, 6) is -1.02. The number of ether oxygens (including phenoxy) is 1. The quantitative estimate of drug-likeness (QED) is 0.433. The van der Waals surface area contributed by atoms with Crippen molar-refractivity contribution in [2.24, 2.45) is 5.10 Å². The Morgan fingerprint density at radius 2 is 1.93 bits per heavy atom. The molecule has 2 rings (SSSR count). The number of nitrogens with zero attached hydrogens (tertiary/aromatic N) is 1. The zero-order valence-corrected chi connectivity index (χ0v) is 16.0. The van der Waals surface area contributed by atoms with Gasteiger partial charge in [-0.3, -0.25) is 9.59 Å². The Morgan fingerprint density at radius 1 is 1.19 bits per heavy atom. The molecule has 0 saturated carbocycles. The monoisotopic (exact) mass is 387 g/mol. The maximum absolute atomic E-state index is 12.0. The molecule has 0 aliphatic rings. The number of hydrogen-bond donors (Lipinski definition) is 2. The molecule has 0 heterocycles. The van der Waals surface area contributed by atoms with Gasteiger partial charge in [-0.05, 0) is 37.1 Å². The minimum atomic E-state index is -0.855. The van der Waals surface area contributed by atoms with Gasteiger partial charge in [-0.1, -0.05) is 48.9 Å². The SMILES string of the molecule is CCCOc1ccc(Cl)cc1/C=N\NC(=O)C(=O)N[C@@H](C)c1ccccc1. The summed E-state index contributed by atoms with van der Waals surface area (Å²) >= 11 is 5.99. The van der Waals surface area contributed by atoms with E-state index in [2.05, 4.69) is 15.8 Å². The second-order valence-corrected chi connectivity index (χ2v) is 6.27. The van der Waals surface area contributed by atoms with Crippen LogP contribution in [-0.2, 0) is 9.59 Å². The summed E-state index contributed by atoms with van der Waals surface area (Å²) in [5.41, 5.74) is 3.72. The first-order valence-electron chi connectivity index (χ1n) is 8.62. The lowest BCUT2D eigenvalue weighted by Crippen LogP contribution is -2.39. The third-order valence-electron chi connectivity index (χ3n) is 3.66. The molecule has 2 amide bonds. The van der Waals surface area contributed by atoms with Crippen molar-refractivity contribution in [1.29, 1.82) is 0 Å². The predicted octanol–water partition coefficient (Wildman–Crippen LogP) is 3.46. The van der Waals surface area contributed by atoms with E-state index in [4.69, 9.17) is 16.3 Å². The molecule has 2 aromatic carbocycles. The lowest BCUT2D eigenvalue weighted by molar-refractivity contribution is -0.139. The molecule has 0 saturated heterocycles. The van der Waals surface area contributed by atoms with Crippen LogP contribution in [0.1, 0.15) is 37.4 Å². The number of carbonyl (C=O) groups is 2. The van der Waals surface area contributed by atoms with E-state index in [9.17, 15) is 9.59 Å². The second kappa shape index (κ2) is 10.3. The van der Waals surface area contributed by atoms with Crippen molar-refractivity contribution >= 4 is 29.6 Å². The molecule has 0 fully saturated rings. The summed E-state index contributed by atoms with van der Waals surface area (Å²) < 4.78 is 5.61. The molecule has 7 heteroatoms. The minimum absolute atomic E-state index is 0.296. The van der Waals surface area contributed by atoms with Crippen molar-refractivity contribution in [1.82, 2.24) is 10.7 Å². The Hall–Kier alpha value is -2.86. The number of rotatable bonds is 7. The largest absolute Gasteiger partial charge is 0.493 e. The van der Waals surface area contributed by atoms with Crippen LogP contribution >= 0.6 is 11.6 Å². The maximum Gasteiger partial charge on any atom is 0.329 e. The Morgan fingerprint density at radius 3 is 2.63 bits per heavy atom. The van der Waals surface area contributed by atoms with E-state index in [0.29, 0.717) is 22.9 Å². The fraction of sp³-hybridized carbons (Fsp3) is 0.250. The van der Waals surface area contributed by atoms with Gasteiger partial charge in [-0.2, -0.15) is 5.10 Å². The number of amides is 2. The average Bonchev–Trinajstić information content (AvgIpc) is 2.67. The number of carbonyl (C=O) groups excluding carboxylic acids is 2. The van der Waals surface area contributed by atoms with Crippen LogP contribution in [0.15, 0.2) is 53.6 Å². The van der Waals surface area contributed by atoms with Gasteiger partial charge in [0, 0.05) is 10.6 Å². The molecule has 27 heavy (non-hydrogen) atoms. The molecule has 0 radical (unpaired) electrons. The number of hydrazone groups is 1. The van der Waals surface area contributed by atoms with Gasteiger partial charge in [0.05, 0.1) is 18.9 Å². The molecular formula is C20H22ClN3O3. The van der Waals surface area contributed by atoms with E-state index in [1.165, 1.54) is 6.21 Å². The first-order valence-corrected chi connectivity index (χ1v) is 9.00. The lowest BCUT2D eigenvalue weighted by Gasteiger charge is -2.13. The molecule has 142 valence electrons. The van der Waals surface area contributed by atoms with E-state index < -0.39 is 11.8 Å². The van der Waals surface area contributed by atoms with E-state index in [1.807, 2.05) is 37.3 Å². The highest BCUT2D eigenvalue weighted by Crippen LogP contribution is 2.21. The second-order valence-electron chi connectivity index (χ2n) is 5.84. The number of nitrogens with one attached hydrogen (secondary N) is 2. The smallest absolute Gasteiger partial charge is 0.329 e. The number of benzene rings is 2. The third-order valence-corrected chi connectivity index (χ3v) is 3.89. The topological polar surface area (TPSA) is 79.8 Å². The van der Waals surface area contributed by atoms with Crippen LogP contribution in [0, 0.1) is 0 Å². The zero-order chi connectivity index (χ0) is 19.6. The lowest BCUT2D eigenvalue weighted by atomic mass is 10.1. The summed E-state index contributed by atoms with van der Waals surface area (Å²) in [6, 6.07) is 14.2. The summed E-state index contributed by atoms with van der Waals surface area (Å²) in [7, 11) is 0. The highest BCUT2D eigenvalue weighted by Gasteiger charge is 2.16. The van der Waals surface area contributed by atoms with Crippen molar-refractivity contribution in [3.63, 3.8) is 0 Å². The molecule has 0 spiro atoms. The van der Waals surface area contributed by atoms with Crippen LogP contribution in [0.2, 0.25) is 5.02 Å². The van der Waals surface area contributed by atoms with Crippen molar-refractivity contribution in [2.45, 2.75) is 26.3 Å². The minimum Gasteiger partial charge on any atom is -0.493 e.